The van der Waals surface area contributed by atoms with E-state index in [1.54, 1.807) is 67.3 Å². The van der Waals surface area contributed by atoms with Crippen LogP contribution < -0.4 is 47.9 Å². The number of anilines is 2. The van der Waals surface area contributed by atoms with E-state index < -0.39 is 101 Å². The average Bonchev–Trinajstić information content (AvgIpc) is 1.50. The molecule has 4 aromatic rings. The predicted octanol–water partition coefficient (Wildman–Crippen LogP) is 7.44. The molecule has 1 saturated heterocycles. The summed E-state index contributed by atoms with van der Waals surface area (Å²) in [5.74, 6) is -3.62. The number of ketones is 2. The van der Waals surface area contributed by atoms with E-state index in [0.717, 1.165) is 46.4 Å². The van der Waals surface area contributed by atoms with Gasteiger partial charge in [0, 0.05) is 61.2 Å². The number of Topliss-reactive ketones (excluding diaryl/α,β-unsaturated/α-hetero) is 1. The molecule has 0 spiro atoms. The Balaban J connectivity index is 0.606. The van der Waals surface area contributed by atoms with Crippen LogP contribution in [0.15, 0.2) is 127 Å². The van der Waals surface area contributed by atoms with Crippen LogP contribution in [0.2, 0.25) is 0 Å². The van der Waals surface area contributed by atoms with E-state index in [0.29, 0.717) is 56.9 Å². The molecule has 604 valence electrons. The molecule has 0 bridgehead atoms. The van der Waals surface area contributed by atoms with Crippen molar-refractivity contribution in [3.05, 3.63) is 155 Å². The summed E-state index contributed by atoms with van der Waals surface area (Å²) >= 11 is 0. The molecule has 2 aliphatic heterocycles. The van der Waals surface area contributed by atoms with Crippen molar-refractivity contribution in [3.63, 3.8) is 0 Å². The zero-order valence-corrected chi connectivity index (χ0v) is 64.7. The standard InChI is InChI=1S/C84H109N9O19/c1-6-15-74-111-70-48-64-63-30-27-60-47-62(94)33-35-82(60,4)75(63)68(95)49-83(64,5)84(70,112-74)69(96)52-109-53-88-77(100)66(46-55-16-8-7-9-17-55)91-81(104)110-51-56-23-28-61(29-24-56)89-78(101)65(21-14-36-87-80(85)103)90-79(102)76(54(2)3)92-72(98)34-38-105-40-42-107-44-45-108-43-41-106-39-37-86-71(97)31-32-73(99)93-50-59-20-11-10-18-57(59)25-26-58-19-12-13-22-67(58)93/h7-13,16-20,22-26,28-29,33,35,47,54,63-66,68,70,74-76,95H,6,14-15,21,27,30-32,34,36-46,48-53H2,1-5H3,(H,86,97)(H,88,100)(H,89,101)(H,90,102)(H,91,104)(H,92,98)(H3,85,87,103)/b26-25-/t63-,64-,65+,66+,68-,70+,74?,75+,76+,82-,83-,84+/m0/s1. The van der Waals surface area contributed by atoms with Gasteiger partial charge in [-0.25, -0.2) is 9.59 Å². The van der Waals surface area contributed by atoms with Crippen LogP contribution >= 0.6 is 0 Å². The molecular formula is C84H109N9O19. The third-order valence-electron chi connectivity index (χ3n) is 22.2. The Morgan fingerprint density at radius 2 is 1.38 bits per heavy atom. The van der Waals surface area contributed by atoms with E-state index in [9.17, 15) is 53.1 Å². The largest absolute Gasteiger partial charge is 0.445 e. The Morgan fingerprint density at radius 1 is 0.688 bits per heavy atom. The maximum atomic E-state index is 14.9. The van der Waals surface area contributed by atoms with Gasteiger partial charge < -0.3 is 90.9 Å². The number of ether oxygens (including phenoxy) is 8. The molecule has 12 atom stereocenters. The molecule has 28 nitrogen and oxygen atoms in total. The lowest BCUT2D eigenvalue weighted by molar-refractivity contribution is -0.201. The number of primary amides is 1. The number of carbonyl (C=O) groups excluding carboxylic acids is 10. The van der Waals surface area contributed by atoms with Gasteiger partial charge in [0.2, 0.25) is 35.4 Å². The summed E-state index contributed by atoms with van der Waals surface area (Å²) in [6.07, 6.45) is 10.5. The number of aliphatic hydroxyl groups is 1. The molecule has 4 aromatic carbocycles. The average molecular weight is 1550 g/mol. The van der Waals surface area contributed by atoms with Crippen molar-refractivity contribution >= 4 is 82.7 Å². The summed E-state index contributed by atoms with van der Waals surface area (Å²) < 4.78 is 47.3. The number of benzene rings is 4. The van der Waals surface area contributed by atoms with Gasteiger partial charge in [-0.1, -0.05) is 150 Å². The first-order valence-corrected chi connectivity index (χ1v) is 39.1. The molecule has 112 heavy (non-hydrogen) atoms. The second-order valence-corrected chi connectivity index (χ2v) is 30.2. The number of hydrogen-bond donors (Lipinski definition) is 9. The van der Waals surface area contributed by atoms with Gasteiger partial charge in [-0.2, -0.15) is 0 Å². The van der Waals surface area contributed by atoms with E-state index in [-0.39, 0.29) is 146 Å². The van der Waals surface area contributed by atoms with Gasteiger partial charge in [0.15, 0.2) is 23.5 Å². The fraction of sp³-hybridized carbons (Fsp3) is 0.524. The number of allylic oxidation sites excluding steroid dienone is 4. The highest BCUT2D eigenvalue weighted by Crippen LogP contribution is 2.70. The number of nitrogens with zero attached hydrogens (tertiary/aromatic N) is 1. The number of fused-ring (bicyclic) bond motifs is 9. The minimum absolute atomic E-state index is 0.0264. The lowest BCUT2D eigenvalue weighted by atomic mass is 9.46. The van der Waals surface area contributed by atoms with Crippen molar-refractivity contribution in [2.24, 2.45) is 40.2 Å². The van der Waals surface area contributed by atoms with Gasteiger partial charge in [-0.15, -0.1) is 0 Å². The van der Waals surface area contributed by atoms with E-state index in [2.05, 4.69) is 50.2 Å². The summed E-state index contributed by atoms with van der Waals surface area (Å²) in [7, 11) is 0. The van der Waals surface area contributed by atoms with E-state index in [1.165, 1.54) is 0 Å². The van der Waals surface area contributed by atoms with Crippen LogP contribution in [0.5, 0.6) is 0 Å². The summed E-state index contributed by atoms with van der Waals surface area (Å²) in [4.78, 5) is 135. The Labute approximate surface area is 654 Å². The van der Waals surface area contributed by atoms with Gasteiger partial charge >= 0.3 is 12.1 Å². The SMILES string of the molecule is CCCC1O[C@@H]2C[C@H]3[C@@H]4CCC5=CC(=O)C=C[C@]5(C)[C@H]4[C@@H](O)C[C@]3(C)[C@]2(C(=O)COCNC(=O)[C@@H](Cc2ccccc2)NC(=O)OCc2ccc(NC(=O)[C@@H](CCCNC(N)=O)NC(=O)[C@H](NC(=O)CCOCCOCCOCCOCCNC(=O)CCC(=O)N3Cc4ccccc4/C=C\c4ccccc43)C(C)C)cc2)O1. The van der Waals surface area contributed by atoms with E-state index >= 15 is 0 Å². The normalized spacial score (nSPS) is 23.6. The fourth-order valence-electron chi connectivity index (χ4n) is 16.6. The second kappa shape index (κ2) is 40.8. The van der Waals surface area contributed by atoms with Crippen LogP contribution in [0.3, 0.4) is 0 Å². The zero-order valence-electron chi connectivity index (χ0n) is 64.7. The number of nitrogens with one attached hydrogen (secondary N) is 7. The molecule has 3 saturated carbocycles. The summed E-state index contributed by atoms with van der Waals surface area (Å²) in [6.45, 7) is 11.3. The predicted molar refractivity (Wildman–Crippen MR) is 416 cm³/mol. The topological polar surface area (TPSA) is 378 Å². The molecule has 10 rings (SSSR count). The van der Waals surface area contributed by atoms with Crippen LogP contribution in [0.1, 0.15) is 133 Å². The van der Waals surface area contributed by atoms with Crippen LogP contribution in [0.25, 0.3) is 12.2 Å². The van der Waals surface area contributed by atoms with Gasteiger partial charge in [0.05, 0.1) is 77.3 Å². The smallest absolute Gasteiger partial charge is 0.408 e. The molecule has 9 amide bonds. The number of urea groups is 1. The monoisotopic (exact) mass is 1550 g/mol. The highest BCUT2D eigenvalue weighted by molar-refractivity contribution is 6.02. The first-order chi connectivity index (χ1) is 54.0. The first kappa shape index (κ1) is 84.9. The molecular weight excluding hydrogens is 1440 g/mol. The molecule has 6 aliphatic rings. The number of para-hydroxylation sites is 1. The fourth-order valence-corrected chi connectivity index (χ4v) is 16.6. The number of rotatable bonds is 41. The third kappa shape index (κ3) is 22.0. The maximum Gasteiger partial charge on any atom is 0.408 e. The Bertz CT molecular complexity index is 4020. The van der Waals surface area contributed by atoms with Crippen LogP contribution in [-0.4, -0.2) is 186 Å². The van der Waals surface area contributed by atoms with Crippen molar-refractivity contribution in [3.8, 4) is 0 Å². The number of alkyl carbamates (subject to hydrolysis) is 1. The Morgan fingerprint density at radius 3 is 2.10 bits per heavy atom. The molecule has 10 N–H and O–H groups in total. The van der Waals surface area contributed by atoms with E-state index in [4.69, 9.17) is 43.6 Å². The number of nitrogens with two attached hydrogens (primary N) is 1. The minimum atomic E-state index is -1.43. The molecule has 0 aromatic heterocycles. The maximum absolute atomic E-state index is 14.9. The number of amides is 9. The summed E-state index contributed by atoms with van der Waals surface area (Å²) in [5, 5.41) is 31.2. The summed E-state index contributed by atoms with van der Waals surface area (Å²) in [5.41, 5.74) is 8.94. The quantitative estimate of drug-likeness (QED) is 0.0154. The van der Waals surface area contributed by atoms with Crippen molar-refractivity contribution in [2.45, 2.75) is 167 Å². The second-order valence-electron chi connectivity index (χ2n) is 30.2. The van der Waals surface area contributed by atoms with Crippen LogP contribution in [-0.2, 0) is 95.8 Å². The molecule has 28 heteroatoms. The summed E-state index contributed by atoms with van der Waals surface area (Å²) in [6, 6.07) is 27.0. The number of hydrogen-bond acceptors (Lipinski definition) is 19. The molecule has 2 heterocycles. The minimum Gasteiger partial charge on any atom is -0.445 e. The van der Waals surface area contributed by atoms with Crippen molar-refractivity contribution in [2.75, 3.05) is 89.5 Å². The zero-order chi connectivity index (χ0) is 79.8. The van der Waals surface area contributed by atoms with Crippen molar-refractivity contribution in [1.29, 1.82) is 0 Å². The Kier molecular flexibility index (Phi) is 30.9. The molecule has 0 radical (unpaired) electrons. The van der Waals surface area contributed by atoms with Crippen LogP contribution in [0.4, 0.5) is 21.0 Å². The lowest BCUT2D eigenvalue weighted by Gasteiger charge is -2.59. The molecule has 4 aliphatic carbocycles. The highest BCUT2D eigenvalue weighted by Gasteiger charge is 2.76. The Hall–Kier alpha value is -9.52. The van der Waals surface area contributed by atoms with Crippen molar-refractivity contribution in [1.82, 2.24) is 31.9 Å². The highest BCUT2D eigenvalue weighted by atomic mass is 16.7. The van der Waals surface area contributed by atoms with Gasteiger partial charge in [-0.3, -0.25) is 38.4 Å². The first-order valence-electron chi connectivity index (χ1n) is 39.1. The molecule has 4 fully saturated rings. The lowest BCUT2D eigenvalue weighted by Crippen LogP contribution is -2.63. The van der Waals surface area contributed by atoms with Gasteiger partial charge in [0.1, 0.15) is 38.1 Å². The van der Waals surface area contributed by atoms with Gasteiger partial charge in [-0.05, 0) is 121 Å². The van der Waals surface area contributed by atoms with Crippen LogP contribution in [0, 0.1) is 34.5 Å². The van der Waals surface area contributed by atoms with Crippen molar-refractivity contribution < 1.29 is 90.9 Å². The van der Waals surface area contributed by atoms with E-state index in [1.807, 2.05) is 92.7 Å². The third-order valence-corrected chi connectivity index (χ3v) is 22.2. The number of carbonyl (C=O) groups is 10. The molecule has 1 unspecified atom stereocenters. The van der Waals surface area contributed by atoms with Gasteiger partial charge in [0.25, 0.3) is 0 Å². The number of aliphatic hydroxyl groups excluding tert-OH is 1.